The van der Waals surface area contributed by atoms with Crippen LogP contribution in [0.3, 0.4) is 0 Å². The van der Waals surface area contributed by atoms with Gasteiger partial charge in [-0.25, -0.2) is 4.98 Å². The number of nitrogens with one attached hydrogen (secondary N) is 1. The smallest absolute Gasteiger partial charge is 0.130 e. The number of aryl methyl sites for hydroxylation is 1. The number of nitrogens with zero attached hydrogens (tertiary/aromatic N) is 2. The summed E-state index contributed by atoms with van der Waals surface area (Å²) in [4.78, 5) is 4.53. The molecule has 1 N–H and O–H groups in total. The van der Waals surface area contributed by atoms with Crippen LogP contribution < -0.4 is 10.1 Å². The van der Waals surface area contributed by atoms with E-state index in [1.165, 1.54) is 0 Å². The van der Waals surface area contributed by atoms with E-state index in [4.69, 9.17) is 4.74 Å². The number of hydrogen-bond acceptors (Lipinski definition) is 3. The van der Waals surface area contributed by atoms with Crippen LogP contribution in [0.1, 0.15) is 37.7 Å². The fourth-order valence-corrected chi connectivity index (χ4v) is 2.44. The van der Waals surface area contributed by atoms with Crippen molar-refractivity contribution in [2.75, 3.05) is 13.7 Å². The number of hydrogen-bond donors (Lipinski definition) is 1. The Morgan fingerprint density at radius 2 is 2.10 bits per heavy atom. The van der Waals surface area contributed by atoms with Crippen molar-refractivity contribution >= 4 is 0 Å². The van der Waals surface area contributed by atoms with Crippen molar-refractivity contribution in [2.24, 2.45) is 0 Å². The molecule has 0 aliphatic heterocycles. The second-order valence-electron chi connectivity index (χ2n) is 4.67. The highest BCUT2D eigenvalue weighted by atomic mass is 16.5. The number of rotatable bonds is 7. The highest BCUT2D eigenvalue weighted by Crippen LogP contribution is 2.29. The molecule has 1 aromatic carbocycles. The maximum Gasteiger partial charge on any atom is 0.130 e. The minimum atomic E-state index is 0.0410. The van der Waals surface area contributed by atoms with Crippen LogP contribution in [0.5, 0.6) is 5.75 Å². The van der Waals surface area contributed by atoms with Gasteiger partial charge in [-0.2, -0.15) is 0 Å². The molecule has 0 saturated carbocycles. The Morgan fingerprint density at radius 3 is 2.80 bits per heavy atom. The lowest BCUT2D eigenvalue weighted by Crippen LogP contribution is -2.22. The Morgan fingerprint density at radius 1 is 1.30 bits per heavy atom. The maximum absolute atomic E-state index is 5.74. The largest absolute Gasteiger partial charge is 0.494 e. The van der Waals surface area contributed by atoms with Crippen LogP contribution in [0.25, 0.3) is 0 Å². The summed E-state index contributed by atoms with van der Waals surface area (Å²) in [5.74, 6) is 1.95. The van der Waals surface area contributed by atoms with Crippen LogP contribution in [0.15, 0.2) is 36.7 Å². The summed E-state index contributed by atoms with van der Waals surface area (Å²) >= 11 is 0. The average Bonchev–Trinajstić information content (AvgIpc) is 2.91. The van der Waals surface area contributed by atoms with Crippen LogP contribution in [-0.2, 0) is 6.54 Å². The highest BCUT2D eigenvalue weighted by molar-refractivity contribution is 5.39. The molecule has 2 rings (SSSR count). The second kappa shape index (κ2) is 7.10. The number of ether oxygens (including phenoxy) is 1. The lowest BCUT2D eigenvalue weighted by atomic mass is 10.0. The minimum absolute atomic E-state index is 0.0410. The predicted molar refractivity (Wildman–Crippen MR) is 81.0 cm³/mol. The number of imidazole rings is 1. The van der Waals surface area contributed by atoms with Gasteiger partial charge in [0, 0.05) is 24.5 Å². The first-order valence-corrected chi connectivity index (χ1v) is 7.21. The fourth-order valence-electron chi connectivity index (χ4n) is 2.44. The van der Waals surface area contributed by atoms with Gasteiger partial charge in [0.05, 0.1) is 12.6 Å². The van der Waals surface area contributed by atoms with Crippen LogP contribution in [0, 0.1) is 0 Å². The summed E-state index contributed by atoms with van der Waals surface area (Å²) in [6, 6.07) is 8.18. The SMILES string of the molecule is CCCn1ccnc1C(NC)c1ccccc1OCC. The quantitative estimate of drug-likeness (QED) is 0.843. The van der Waals surface area contributed by atoms with Gasteiger partial charge in [0.1, 0.15) is 11.6 Å². The van der Waals surface area contributed by atoms with E-state index in [1.54, 1.807) is 0 Å². The predicted octanol–water partition coefficient (Wildman–Crippen LogP) is 3.00. The summed E-state index contributed by atoms with van der Waals surface area (Å²) in [5.41, 5.74) is 1.13. The Bertz CT molecular complexity index is 536. The molecule has 0 spiro atoms. The van der Waals surface area contributed by atoms with E-state index in [9.17, 15) is 0 Å². The summed E-state index contributed by atoms with van der Waals surface area (Å²) < 4.78 is 7.94. The molecule has 1 unspecified atom stereocenters. The Balaban J connectivity index is 2.39. The van der Waals surface area contributed by atoms with Gasteiger partial charge in [-0.3, -0.25) is 0 Å². The van der Waals surface area contributed by atoms with Gasteiger partial charge in [-0.05, 0) is 26.5 Å². The van der Waals surface area contributed by atoms with Gasteiger partial charge in [-0.15, -0.1) is 0 Å². The molecule has 4 nitrogen and oxygen atoms in total. The van der Waals surface area contributed by atoms with Gasteiger partial charge in [-0.1, -0.05) is 25.1 Å². The van der Waals surface area contributed by atoms with Crippen molar-refractivity contribution in [2.45, 2.75) is 32.9 Å². The first-order chi connectivity index (χ1) is 9.81. The molecule has 0 radical (unpaired) electrons. The average molecular weight is 273 g/mol. The van der Waals surface area contributed by atoms with Crippen LogP contribution in [0.4, 0.5) is 0 Å². The summed E-state index contributed by atoms with van der Waals surface area (Å²) in [7, 11) is 1.96. The molecule has 0 saturated heterocycles. The second-order valence-corrected chi connectivity index (χ2v) is 4.67. The molecule has 108 valence electrons. The zero-order valence-electron chi connectivity index (χ0n) is 12.5. The third-order valence-electron chi connectivity index (χ3n) is 3.29. The summed E-state index contributed by atoms with van der Waals surface area (Å²) in [6.45, 7) is 5.82. The lowest BCUT2D eigenvalue weighted by molar-refractivity contribution is 0.333. The Kier molecular flexibility index (Phi) is 5.18. The van der Waals surface area contributed by atoms with Gasteiger partial charge in [0.15, 0.2) is 0 Å². The zero-order chi connectivity index (χ0) is 14.4. The van der Waals surface area contributed by atoms with E-state index in [2.05, 4.69) is 27.9 Å². The number of benzene rings is 1. The van der Waals surface area contributed by atoms with Crippen molar-refractivity contribution in [3.63, 3.8) is 0 Å². The van der Waals surface area contributed by atoms with E-state index in [1.807, 2.05) is 44.6 Å². The van der Waals surface area contributed by atoms with E-state index < -0.39 is 0 Å². The fraction of sp³-hybridized carbons (Fsp3) is 0.438. The van der Waals surface area contributed by atoms with Gasteiger partial charge < -0.3 is 14.6 Å². The van der Waals surface area contributed by atoms with Gasteiger partial charge in [0.2, 0.25) is 0 Å². The molecule has 1 aromatic heterocycles. The van der Waals surface area contributed by atoms with E-state index in [-0.39, 0.29) is 6.04 Å². The molecule has 2 aromatic rings. The lowest BCUT2D eigenvalue weighted by Gasteiger charge is -2.20. The number of para-hydroxylation sites is 1. The molecule has 0 aliphatic rings. The van der Waals surface area contributed by atoms with Crippen molar-refractivity contribution in [1.82, 2.24) is 14.9 Å². The molecule has 0 fully saturated rings. The minimum Gasteiger partial charge on any atom is -0.494 e. The van der Waals surface area contributed by atoms with Crippen LogP contribution in [0.2, 0.25) is 0 Å². The first kappa shape index (κ1) is 14.6. The molecule has 20 heavy (non-hydrogen) atoms. The molecule has 1 atom stereocenters. The normalized spacial score (nSPS) is 12.3. The van der Waals surface area contributed by atoms with E-state index in [0.717, 1.165) is 30.1 Å². The molecular weight excluding hydrogens is 250 g/mol. The first-order valence-electron chi connectivity index (χ1n) is 7.21. The standard InChI is InChI=1S/C16H23N3O/c1-4-11-19-12-10-18-16(19)15(17-3)13-8-6-7-9-14(13)20-5-2/h6-10,12,15,17H,4-5,11H2,1-3H3. The van der Waals surface area contributed by atoms with Crippen LogP contribution >= 0.6 is 0 Å². The number of aromatic nitrogens is 2. The molecule has 1 heterocycles. The van der Waals surface area contributed by atoms with Crippen molar-refractivity contribution in [3.8, 4) is 5.75 Å². The summed E-state index contributed by atoms with van der Waals surface area (Å²) in [5, 5.41) is 3.36. The third-order valence-corrected chi connectivity index (χ3v) is 3.29. The third kappa shape index (κ3) is 3.02. The Labute approximate surface area is 120 Å². The van der Waals surface area contributed by atoms with Crippen LogP contribution in [-0.4, -0.2) is 23.2 Å². The Hall–Kier alpha value is -1.81. The monoisotopic (exact) mass is 273 g/mol. The van der Waals surface area contributed by atoms with Gasteiger partial charge in [0.25, 0.3) is 0 Å². The molecule has 4 heteroatoms. The van der Waals surface area contributed by atoms with Crippen molar-refractivity contribution < 1.29 is 4.74 Å². The molecule has 0 bridgehead atoms. The molecule has 0 amide bonds. The highest BCUT2D eigenvalue weighted by Gasteiger charge is 2.20. The van der Waals surface area contributed by atoms with E-state index in [0.29, 0.717) is 6.61 Å². The maximum atomic E-state index is 5.74. The zero-order valence-corrected chi connectivity index (χ0v) is 12.5. The van der Waals surface area contributed by atoms with Crippen molar-refractivity contribution in [3.05, 3.63) is 48.0 Å². The van der Waals surface area contributed by atoms with Crippen molar-refractivity contribution in [1.29, 1.82) is 0 Å². The summed E-state index contributed by atoms with van der Waals surface area (Å²) in [6.07, 6.45) is 4.98. The molecule has 0 aliphatic carbocycles. The molecular formula is C16H23N3O. The topological polar surface area (TPSA) is 39.1 Å². The van der Waals surface area contributed by atoms with E-state index >= 15 is 0 Å². The van der Waals surface area contributed by atoms with Gasteiger partial charge >= 0.3 is 0 Å².